The second-order valence-electron chi connectivity index (χ2n) is 12.0. The highest BCUT2D eigenvalue weighted by molar-refractivity contribution is 5.83. The number of fused-ring (bicyclic) bond motifs is 3. The Labute approximate surface area is 260 Å². The highest BCUT2D eigenvalue weighted by Gasteiger charge is 2.58. The molecule has 8 rings (SSSR count). The minimum atomic E-state index is -0.534. The number of hydrogen-bond donors (Lipinski definition) is 0. The van der Waals surface area contributed by atoms with E-state index in [0.717, 1.165) is 0 Å². The van der Waals surface area contributed by atoms with E-state index in [-0.39, 0.29) is 12.1 Å². The van der Waals surface area contributed by atoms with Crippen molar-refractivity contribution in [1.82, 2.24) is 4.90 Å². The normalized spacial score (nSPS) is 18.9. The van der Waals surface area contributed by atoms with E-state index in [2.05, 4.69) is 182 Å². The minimum Gasteiger partial charge on any atom is -0.360 e. The van der Waals surface area contributed by atoms with Crippen LogP contribution in [0.1, 0.15) is 40.3 Å². The molecule has 1 aliphatic carbocycles. The monoisotopic (exact) mass is 569 g/mol. The first-order chi connectivity index (χ1) is 21.8. The van der Waals surface area contributed by atoms with E-state index in [4.69, 9.17) is 4.74 Å². The van der Waals surface area contributed by atoms with Gasteiger partial charge in [-0.25, -0.2) is 0 Å². The molecular formula is C42H35NO. The topological polar surface area (TPSA) is 12.5 Å². The Bertz CT molecular complexity index is 1670. The van der Waals surface area contributed by atoms with E-state index in [0.29, 0.717) is 6.73 Å². The lowest BCUT2D eigenvalue weighted by Gasteiger charge is -2.46. The van der Waals surface area contributed by atoms with E-state index in [1.54, 1.807) is 0 Å². The molecule has 0 unspecified atom stereocenters. The lowest BCUT2D eigenvalue weighted by molar-refractivity contribution is 0.0483. The van der Waals surface area contributed by atoms with Crippen LogP contribution in [-0.2, 0) is 15.7 Å². The summed E-state index contributed by atoms with van der Waals surface area (Å²) in [4.78, 5) is 2.63. The summed E-state index contributed by atoms with van der Waals surface area (Å²) in [6, 6.07) is 61.8. The van der Waals surface area contributed by atoms with Gasteiger partial charge in [-0.3, -0.25) is 4.90 Å². The number of rotatable bonds is 6. The number of hydrogen-bond acceptors (Lipinski definition) is 2. The van der Waals surface area contributed by atoms with Crippen molar-refractivity contribution >= 4 is 0 Å². The quantitative estimate of drug-likeness (QED) is 0.186. The van der Waals surface area contributed by atoms with Crippen LogP contribution in [0.25, 0.3) is 11.1 Å². The van der Waals surface area contributed by atoms with Gasteiger partial charge in [-0.2, -0.15) is 0 Å². The zero-order valence-corrected chi connectivity index (χ0v) is 24.9. The molecule has 1 heterocycles. The molecule has 6 aromatic rings. The van der Waals surface area contributed by atoms with E-state index in [9.17, 15) is 0 Å². The maximum absolute atomic E-state index is 7.22. The molecule has 0 aromatic heterocycles. The summed E-state index contributed by atoms with van der Waals surface area (Å²) < 4.78 is 7.22. The van der Waals surface area contributed by atoms with Crippen molar-refractivity contribution in [2.45, 2.75) is 30.0 Å². The number of ether oxygens (including phenoxy) is 1. The summed E-state index contributed by atoms with van der Waals surface area (Å²) in [5, 5.41) is 0. The van der Waals surface area contributed by atoms with Crippen LogP contribution in [-0.4, -0.2) is 23.8 Å². The van der Waals surface area contributed by atoms with E-state index >= 15 is 0 Å². The molecule has 1 saturated heterocycles. The average molecular weight is 570 g/mol. The second kappa shape index (κ2) is 10.7. The highest BCUT2D eigenvalue weighted by atomic mass is 16.5. The molecule has 0 saturated carbocycles. The van der Waals surface area contributed by atoms with E-state index in [1.807, 2.05) is 0 Å². The average Bonchev–Trinajstić information content (AvgIpc) is 3.63. The first-order valence-corrected chi connectivity index (χ1v) is 15.6. The molecule has 214 valence electrons. The zero-order chi connectivity index (χ0) is 29.6. The van der Waals surface area contributed by atoms with Crippen LogP contribution in [0.2, 0.25) is 0 Å². The van der Waals surface area contributed by atoms with Gasteiger partial charge in [-0.15, -0.1) is 0 Å². The van der Waals surface area contributed by atoms with Crippen molar-refractivity contribution in [2.75, 3.05) is 6.73 Å². The van der Waals surface area contributed by atoms with Crippen LogP contribution in [0.3, 0.4) is 0 Å². The fourth-order valence-electron chi connectivity index (χ4n) is 8.24. The van der Waals surface area contributed by atoms with Gasteiger partial charge in [-0.1, -0.05) is 170 Å². The summed E-state index contributed by atoms with van der Waals surface area (Å²) in [7, 11) is 0. The second-order valence-corrected chi connectivity index (χ2v) is 12.0. The van der Waals surface area contributed by atoms with Gasteiger partial charge in [-0.05, 0) is 51.4 Å². The van der Waals surface area contributed by atoms with Crippen molar-refractivity contribution in [3.8, 4) is 11.1 Å². The third kappa shape index (κ3) is 3.75. The summed E-state index contributed by atoms with van der Waals surface area (Å²) in [5.41, 5.74) is 9.14. The van der Waals surface area contributed by atoms with Gasteiger partial charge in [0.1, 0.15) is 12.3 Å². The molecule has 0 radical (unpaired) electrons. The van der Waals surface area contributed by atoms with Gasteiger partial charge in [0.2, 0.25) is 0 Å². The summed E-state index contributed by atoms with van der Waals surface area (Å²) >= 11 is 0. The predicted molar refractivity (Wildman–Crippen MR) is 178 cm³/mol. The largest absolute Gasteiger partial charge is 0.360 e. The lowest BCUT2D eigenvalue weighted by Crippen LogP contribution is -2.54. The molecule has 2 atom stereocenters. The third-order valence-corrected chi connectivity index (χ3v) is 9.98. The molecule has 1 aliphatic heterocycles. The Hall–Kier alpha value is -4.76. The summed E-state index contributed by atoms with van der Waals surface area (Å²) in [5.74, 6) is 0. The fraction of sp³-hybridized carbons (Fsp3) is 0.143. The van der Waals surface area contributed by atoms with Crippen molar-refractivity contribution in [3.63, 3.8) is 0 Å². The molecular weight excluding hydrogens is 534 g/mol. The molecule has 0 N–H and O–H groups in total. The molecule has 6 aromatic carbocycles. The number of benzene rings is 6. The smallest absolute Gasteiger partial charge is 0.101 e. The zero-order valence-electron chi connectivity index (χ0n) is 24.9. The molecule has 1 fully saturated rings. The van der Waals surface area contributed by atoms with Crippen LogP contribution >= 0.6 is 0 Å². The van der Waals surface area contributed by atoms with Crippen molar-refractivity contribution in [2.24, 2.45) is 0 Å². The van der Waals surface area contributed by atoms with Gasteiger partial charge in [0.05, 0.1) is 11.5 Å². The van der Waals surface area contributed by atoms with Gasteiger partial charge in [0.15, 0.2) is 0 Å². The first-order valence-electron chi connectivity index (χ1n) is 15.6. The molecule has 2 nitrogen and oxygen atoms in total. The van der Waals surface area contributed by atoms with Gasteiger partial charge < -0.3 is 4.74 Å². The maximum Gasteiger partial charge on any atom is 0.101 e. The van der Waals surface area contributed by atoms with Crippen molar-refractivity contribution < 1.29 is 4.74 Å². The Morgan fingerprint density at radius 1 is 0.523 bits per heavy atom. The molecule has 0 amide bonds. The van der Waals surface area contributed by atoms with Crippen molar-refractivity contribution in [1.29, 1.82) is 0 Å². The third-order valence-electron chi connectivity index (χ3n) is 9.98. The molecule has 2 aliphatic rings. The van der Waals surface area contributed by atoms with Gasteiger partial charge in [0, 0.05) is 6.04 Å². The Balaban J connectivity index is 1.39. The minimum absolute atomic E-state index is 0.0371. The standard InChI is InChI=1S/C42H35NO/c1-31-40(41(32-18-6-2-7-19-32,33-20-8-3-9-21-33)34-22-10-4-11-23-34)44-30-43(31)42(35-24-12-5-13-25-35)38-28-16-14-26-36(38)37-27-15-17-29-39(37)42/h2-29,31,40H,30H2,1H3/t31-,40-/m0/s1. The van der Waals surface area contributed by atoms with Gasteiger partial charge in [0.25, 0.3) is 0 Å². The van der Waals surface area contributed by atoms with E-state index in [1.165, 1.54) is 44.5 Å². The molecule has 2 heteroatoms. The summed E-state index contributed by atoms with van der Waals surface area (Å²) in [6.45, 7) is 2.87. The predicted octanol–water partition coefficient (Wildman–Crippen LogP) is 9.04. The van der Waals surface area contributed by atoms with Crippen LogP contribution < -0.4 is 0 Å². The first kappa shape index (κ1) is 26.8. The Morgan fingerprint density at radius 2 is 0.909 bits per heavy atom. The maximum atomic E-state index is 7.22. The lowest BCUT2D eigenvalue weighted by atomic mass is 9.64. The number of nitrogens with zero attached hydrogens (tertiary/aromatic N) is 1. The highest BCUT2D eigenvalue weighted by Crippen LogP contribution is 2.57. The van der Waals surface area contributed by atoms with Crippen LogP contribution in [0.4, 0.5) is 0 Å². The van der Waals surface area contributed by atoms with Crippen LogP contribution in [0, 0.1) is 0 Å². The van der Waals surface area contributed by atoms with Crippen LogP contribution in [0.15, 0.2) is 170 Å². The van der Waals surface area contributed by atoms with Crippen LogP contribution in [0.5, 0.6) is 0 Å². The molecule has 0 spiro atoms. The van der Waals surface area contributed by atoms with Crippen molar-refractivity contribution in [3.05, 3.63) is 203 Å². The fourth-order valence-corrected chi connectivity index (χ4v) is 8.24. The van der Waals surface area contributed by atoms with Gasteiger partial charge >= 0.3 is 0 Å². The SMILES string of the molecule is C[C@H]1[C@@H](C(c2ccccc2)(c2ccccc2)c2ccccc2)OCN1C1(c2ccccc2)c2ccccc2-c2ccccc21. The molecule has 44 heavy (non-hydrogen) atoms. The molecule has 0 bridgehead atoms. The Kier molecular flexibility index (Phi) is 6.56. The van der Waals surface area contributed by atoms with E-state index < -0.39 is 11.0 Å². The Morgan fingerprint density at radius 3 is 1.36 bits per heavy atom. The summed E-state index contributed by atoms with van der Waals surface area (Å²) in [6.07, 6.45) is -0.171.